The molecule has 0 N–H and O–H groups in total. The van der Waals surface area contributed by atoms with E-state index in [4.69, 9.17) is 0 Å². The van der Waals surface area contributed by atoms with Gasteiger partial charge < -0.3 is 0 Å². The van der Waals surface area contributed by atoms with Crippen molar-refractivity contribution in [1.82, 2.24) is 0 Å². The van der Waals surface area contributed by atoms with Crippen LogP contribution >= 0.6 is 0 Å². The van der Waals surface area contributed by atoms with E-state index in [-0.39, 0.29) is 0 Å². The van der Waals surface area contributed by atoms with E-state index in [2.05, 4.69) is 72.8 Å². The summed E-state index contributed by atoms with van der Waals surface area (Å²) in [7, 11) is 0. The molecule has 1 aliphatic carbocycles. The van der Waals surface area contributed by atoms with Gasteiger partial charge in [0.1, 0.15) is 0 Å². The number of rotatable bonds is 2. The Labute approximate surface area is 119 Å². The summed E-state index contributed by atoms with van der Waals surface area (Å²) >= 11 is 0. The van der Waals surface area contributed by atoms with Gasteiger partial charge in [0.05, 0.1) is 0 Å². The van der Waals surface area contributed by atoms with Gasteiger partial charge in [0, 0.05) is 0 Å². The minimum atomic E-state index is 1.21. The lowest BCUT2D eigenvalue weighted by Gasteiger charge is -2.25. The second kappa shape index (κ2) is 4.64. The molecule has 0 heterocycles. The molecule has 0 nitrogen and oxygen atoms in total. The lowest BCUT2D eigenvalue weighted by Crippen LogP contribution is -2.10. The molecule has 96 valence electrons. The zero-order valence-corrected chi connectivity index (χ0v) is 11.3. The molecule has 0 saturated carbocycles. The third-order valence-corrected chi connectivity index (χ3v) is 4.20. The Morgan fingerprint density at radius 3 is 1.80 bits per heavy atom. The van der Waals surface area contributed by atoms with Crippen molar-refractivity contribution in [2.24, 2.45) is 0 Å². The largest absolute Gasteiger partial charge is 0.0622 e. The molecule has 0 heteroatoms. The van der Waals surface area contributed by atoms with Crippen LogP contribution in [-0.4, -0.2) is 0 Å². The molecule has 0 bridgehead atoms. The van der Waals surface area contributed by atoms with Crippen LogP contribution in [-0.2, 0) is 12.8 Å². The fraction of sp³-hybridized carbons (Fsp3) is 0.100. The first kappa shape index (κ1) is 11.5. The van der Waals surface area contributed by atoms with Crippen LogP contribution in [0.1, 0.15) is 11.1 Å². The molecule has 1 aliphatic rings. The number of hydrogen-bond donors (Lipinski definition) is 0. The molecule has 20 heavy (non-hydrogen) atoms. The first-order valence-corrected chi connectivity index (χ1v) is 7.19. The Morgan fingerprint density at radius 2 is 1.20 bits per heavy atom. The van der Waals surface area contributed by atoms with Crippen molar-refractivity contribution < 1.29 is 0 Å². The van der Waals surface area contributed by atoms with E-state index in [1.165, 1.54) is 46.2 Å². The average Bonchev–Trinajstić information content (AvgIpc) is 2.50. The van der Waals surface area contributed by atoms with E-state index >= 15 is 0 Å². The molecule has 0 amide bonds. The number of fused-ring (bicyclic) bond motifs is 1. The van der Waals surface area contributed by atoms with E-state index in [0.717, 1.165) is 0 Å². The van der Waals surface area contributed by atoms with Gasteiger partial charge in [-0.25, -0.2) is 0 Å². The van der Waals surface area contributed by atoms with Gasteiger partial charge in [-0.1, -0.05) is 72.8 Å². The standard InChI is InChI=1S/C20H16/c1-3-7-15(8-4-1)18-13-11-16-12-14-19(16)20(18)17-9-5-2-6-10-17/h1-11,13H,12,14H2. The van der Waals surface area contributed by atoms with Crippen LogP contribution in [0.15, 0.2) is 72.8 Å². The smallest absolute Gasteiger partial charge is 0.00704 e. The van der Waals surface area contributed by atoms with Gasteiger partial charge >= 0.3 is 0 Å². The van der Waals surface area contributed by atoms with E-state index in [1.54, 1.807) is 0 Å². The highest BCUT2D eigenvalue weighted by molar-refractivity contribution is 5.87. The summed E-state index contributed by atoms with van der Waals surface area (Å²) in [6, 6.07) is 26.1. The Morgan fingerprint density at radius 1 is 0.550 bits per heavy atom. The predicted octanol–water partition coefficient (Wildman–Crippen LogP) is 5.12. The second-order valence-electron chi connectivity index (χ2n) is 5.36. The zero-order chi connectivity index (χ0) is 13.4. The number of hydrogen-bond acceptors (Lipinski definition) is 0. The fourth-order valence-electron chi connectivity index (χ4n) is 3.09. The van der Waals surface area contributed by atoms with Crippen LogP contribution in [0.3, 0.4) is 0 Å². The van der Waals surface area contributed by atoms with Gasteiger partial charge in [0.15, 0.2) is 0 Å². The quantitative estimate of drug-likeness (QED) is 0.597. The van der Waals surface area contributed by atoms with Gasteiger partial charge in [-0.05, 0) is 46.2 Å². The maximum atomic E-state index is 2.30. The first-order chi connectivity index (χ1) is 9.93. The van der Waals surface area contributed by atoms with Crippen LogP contribution in [0, 0.1) is 0 Å². The number of benzene rings is 3. The van der Waals surface area contributed by atoms with Gasteiger partial charge in [0.2, 0.25) is 0 Å². The molecule has 0 fully saturated rings. The second-order valence-corrected chi connectivity index (χ2v) is 5.36. The van der Waals surface area contributed by atoms with Crippen molar-refractivity contribution in [1.29, 1.82) is 0 Å². The summed E-state index contributed by atoms with van der Waals surface area (Å²) in [4.78, 5) is 0. The molecule has 0 radical (unpaired) electrons. The van der Waals surface area contributed by atoms with E-state index < -0.39 is 0 Å². The highest BCUT2D eigenvalue weighted by atomic mass is 14.2. The third kappa shape index (κ3) is 1.77. The predicted molar refractivity (Wildman–Crippen MR) is 84.7 cm³/mol. The highest BCUT2D eigenvalue weighted by Crippen LogP contribution is 2.40. The van der Waals surface area contributed by atoms with Crippen molar-refractivity contribution in [3.8, 4) is 22.3 Å². The zero-order valence-electron chi connectivity index (χ0n) is 11.3. The van der Waals surface area contributed by atoms with E-state index in [1.807, 2.05) is 0 Å². The van der Waals surface area contributed by atoms with Crippen molar-refractivity contribution in [2.45, 2.75) is 12.8 Å². The Balaban J connectivity index is 1.99. The van der Waals surface area contributed by atoms with Crippen LogP contribution in [0.5, 0.6) is 0 Å². The van der Waals surface area contributed by atoms with Gasteiger partial charge in [0.25, 0.3) is 0 Å². The molecule has 3 aromatic rings. The summed E-state index contributed by atoms with van der Waals surface area (Å²) in [6.45, 7) is 0. The average molecular weight is 256 g/mol. The molecule has 4 rings (SSSR count). The Kier molecular flexibility index (Phi) is 2.67. The van der Waals surface area contributed by atoms with E-state index in [9.17, 15) is 0 Å². The summed E-state index contributed by atoms with van der Waals surface area (Å²) < 4.78 is 0. The van der Waals surface area contributed by atoms with Crippen molar-refractivity contribution in [3.05, 3.63) is 83.9 Å². The van der Waals surface area contributed by atoms with Crippen molar-refractivity contribution in [3.63, 3.8) is 0 Å². The van der Waals surface area contributed by atoms with Crippen molar-refractivity contribution >= 4 is 0 Å². The first-order valence-electron chi connectivity index (χ1n) is 7.19. The maximum absolute atomic E-state index is 2.30. The van der Waals surface area contributed by atoms with Gasteiger partial charge in [-0.2, -0.15) is 0 Å². The summed E-state index contributed by atoms with van der Waals surface area (Å²) in [6.07, 6.45) is 2.43. The maximum Gasteiger partial charge on any atom is -0.00704 e. The Hall–Kier alpha value is -2.34. The molecule has 0 atom stereocenters. The summed E-state index contributed by atoms with van der Waals surface area (Å²) in [5, 5.41) is 0. The molecule has 0 spiro atoms. The van der Waals surface area contributed by atoms with E-state index in [0.29, 0.717) is 0 Å². The van der Waals surface area contributed by atoms with Crippen LogP contribution < -0.4 is 0 Å². The Bertz CT molecular complexity index is 740. The van der Waals surface area contributed by atoms with Crippen molar-refractivity contribution in [2.75, 3.05) is 0 Å². The lowest BCUT2D eigenvalue weighted by molar-refractivity contribution is 0.843. The molecule has 3 aromatic carbocycles. The van der Waals surface area contributed by atoms with Crippen LogP contribution in [0.2, 0.25) is 0 Å². The van der Waals surface area contributed by atoms with Crippen LogP contribution in [0.25, 0.3) is 22.3 Å². The summed E-state index contributed by atoms with van der Waals surface area (Å²) in [5.41, 5.74) is 8.49. The highest BCUT2D eigenvalue weighted by Gasteiger charge is 2.21. The minimum absolute atomic E-state index is 1.21. The minimum Gasteiger partial charge on any atom is -0.0622 e. The molecule has 0 aliphatic heterocycles. The summed E-state index contributed by atoms with van der Waals surface area (Å²) in [5.74, 6) is 0. The molecule has 0 saturated heterocycles. The lowest BCUT2D eigenvalue weighted by atomic mass is 9.79. The van der Waals surface area contributed by atoms with Gasteiger partial charge in [-0.3, -0.25) is 0 Å². The fourth-order valence-corrected chi connectivity index (χ4v) is 3.09. The monoisotopic (exact) mass is 256 g/mol. The molecular formula is C20H16. The number of aryl methyl sites for hydroxylation is 1. The third-order valence-electron chi connectivity index (χ3n) is 4.20. The van der Waals surface area contributed by atoms with Gasteiger partial charge in [-0.15, -0.1) is 0 Å². The topological polar surface area (TPSA) is 0 Å². The molecule has 0 aromatic heterocycles. The molecular weight excluding hydrogens is 240 g/mol. The SMILES string of the molecule is c1ccc(-c2ccc3c(c2-c2ccccc2)CC3)cc1. The van der Waals surface area contributed by atoms with Crippen LogP contribution in [0.4, 0.5) is 0 Å². The molecule has 0 unspecified atom stereocenters. The normalized spacial score (nSPS) is 12.6.